The van der Waals surface area contributed by atoms with Crippen LogP contribution in [0.2, 0.25) is 0 Å². The second kappa shape index (κ2) is 10.7. The molecule has 0 atom stereocenters. The average molecular weight is 518 g/mol. The molecule has 4 nitrogen and oxygen atoms in total. The first-order chi connectivity index (χ1) is 15.1. The summed E-state index contributed by atoms with van der Waals surface area (Å²) in [7, 11) is 0. The number of hydrogen-bond donors (Lipinski definition) is 1. The summed E-state index contributed by atoms with van der Waals surface area (Å²) in [6.07, 6.45) is 8.44. The number of ether oxygens (including phenoxy) is 2. The zero-order chi connectivity index (χ0) is 21.6. The van der Waals surface area contributed by atoms with E-state index in [9.17, 15) is 4.79 Å². The number of benzene rings is 2. The molecule has 31 heavy (non-hydrogen) atoms. The molecule has 1 aliphatic carbocycles. The van der Waals surface area contributed by atoms with Gasteiger partial charge >= 0.3 is 0 Å². The van der Waals surface area contributed by atoms with E-state index in [-0.39, 0.29) is 5.91 Å². The molecule has 1 saturated carbocycles. The molecule has 7 heteroatoms. The topological polar surface area (TPSA) is 47.6 Å². The van der Waals surface area contributed by atoms with E-state index in [0.717, 1.165) is 15.8 Å². The molecule has 0 spiro atoms. The number of hydrogen-bond acceptors (Lipinski definition) is 5. The highest BCUT2D eigenvalue weighted by Gasteiger charge is 2.22. The number of nitrogens with one attached hydrogen (secondary N) is 1. The van der Waals surface area contributed by atoms with Crippen molar-refractivity contribution in [2.24, 2.45) is 0 Å². The number of halogens is 1. The van der Waals surface area contributed by atoms with Crippen LogP contribution in [-0.4, -0.2) is 23.4 Å². The molecule has 2 aliphatic rings. The van der Waals surface area contributed by atoms with Crippen LogP contribution in [0.4, 0.5) is 0 Å². The van der Waals surface area contributed by atoms with Crippen LogP contribution in [0.1, 0.15) is 49.1 Å². The fourth-order valence-electron chi connectivity index (χ4n) is 3.91. The summed E-state index contributed by atoms with van der Waals surface area (Å²) in [4.78, 5) is 12.5. The first-order valence-corrected chi connectivity index (χ1v) is 12.5. The third-order valence-corrected chi connectivity index (χ3v) is 7.12. The molecular weight excluding hydrogens is 494 g/mol. The predicted molar refractivity (Wildman–Crippen MR) is 134 cm³/mol. The van der Waals surface area contributed by atoms with E-state index in [2.05, 4.69) is 45.5 Å². The highest BCUT2D eigenvalue weighted by Crippen LogP contribution is 2.33. The van der Waals surface area contributed by atoms with E-state index in [1.807, 2.05) is 18.2 Å². The summed E-state index contributed by atoms with van der Waals surface area (Å²) in [5.41, 5.74) is 2.23. The van der Waals surface area contributed by atoms with Crippen molar-refractivity contribution >= 4 is 56.2 Å². The molecule has 0 bridgehead atoms. The second-order valence-electron chi connectivity index (χ2n) is 7.64. The molecule has 1 amide bonds. The Bertz CT molecular complexity index is 985. The van der Waals surface area contributed by atoms with E-state index in [1.165, 1.54) is 49.4 Å². The Morgan fingerprint density at radius 2 is 1.81 bits per heavy atom. The van der Waals surface area contributed by atoms with Crippen LogP contribution in [0.15, 0.2) is 51.8 Å². The number of thiocarbonyl (C=S) groups is 1. The number of amides is 1. The Labute approximate surface area is 200 Å². The van der Waals surface area contributed by atoms with Gasteiger partial charge in [0, 0.05) is 10.0 Å². The Kier molecular flexibility index (Phi) is 7.69. The minimum atomic E-state index is -0.180. The van der Waals surface area contributed by atoms with Crippen LogP contribution in [0.5, 0.6) is 11.5 Å². The first kappa shape index (κ1) is 22.4. The zero-order valence-corrected chi connectivity index (χ0v) is 20.3. The lowest BCUT2D eigenvalue weighted by Gasteiger charge is -2.22. The van der Waals surface area contributed by atoms with E-state index < -0.39 is 0 Å². The van der Waals surface area contributed by atoms with Gasteiger partial charge in [-0.25, -0.2) is 0 Å². The molecule has 0 aromatic heterocycles. The van der Waals surface area contributed by atoms with Crippen LogP contribution in [-0.2, 0) is 4.79 Å². The molecule has 1 saturated heterocycles. The minimum Gasteiger partial charge on any atom is -0.490 e. The number of rotatable bonds is 7. The molecular formula is C24H24BrNO3S2. The predicted octanol–water partition coefficient (Wildman–Crippen LogP) is 6.44. The molecule has 2 fully saturated rings. The average Bonchev–Trinajstić information content (AvgIpc) is 3.10. The maximum atomic E-state index is 12.0. The van der Waals surface area contributed by atoms with Crippen molar-refractivity contribution in [1.29, 1.82) is 0 Å². The molecule has 2 aromatic rings. The van der Waals surface area contributed by atoms with Crippen molar-refractivity contribution in [2.75, 3.05) is 13.2 Å². The first-order valence-electron chi connectivity index (χ1n) is 10.5. The van der Waals surface area contributed by atoms with Crippen molar-refractivity contribution in [2.45, 2.75) is 38.0 Å². The summed E-state index contributed by atoms with van der Waals surface area (Å²) in [5.74, 6) is 2.07. The standard InChI is InChI=1S/C24H24BrNO3S2/c25-19-8-11-21(18(14-19)15-22-23(27)26-24(30)31-22)29-13-12-28-20-9-6-17(7-10-20)16-4-2-1-3-5-16/h6-11,14-16H,1-5,12-13H2,(H,26,27,30)/b22-15-. The SMILES string of the molecule is O=C1NC(=S)S/C1=C\c1cc(Br)ccc1OCCOc1ccc(C2CCCCC2)cc1. The van der Waals surface area contributed by atoms with Crippen molar-refractivity contribution in [3.05, 3.63) is 63.0 Å². The number of thioether (sulfide) groups is 1. The minimum absolute atomic E-state index is 0.180. The summed E-state index contributed by atoms with van der Waals surface area (Å²) in [6.45, 7) is 0.841. The fourth-order valence-corrected chi connectivity index (χ4v) is 5.32. The van der Waals surface area contributed by atoms with Crippen LogP contribution < -0.4 is 14.8 Å². The van der Waals surface area contributed by atoms with Crippen LogP contribution in [0.25, 0.3) is 6.08 Å². The van der Waals surface area contributed by atoms with Crippen LogP contribution in [0.3, 0.4) is 0 Å². The monoisotopic (exact) mass is 517 g/mol. The van der Waals surface area contributed by atoms with Gasteiger partial charge in [0.25, 0.3) is 5.91 Å². The third kappa shape index (κ3) is 6.11. The van der Waals surface area contributed by atoms with Crippen LogP contribution >= 0.6 is 39.9 Å². The molecule has 162 valence electrons. The van der Waals surface area contributed by atoms with Gasteiger partial charge in [0.05, 0.1) is 4.91 Å². The largest absolute Gasteiger partial charge is 0.490 e. The second-order valence-corrected chi connectivity index (χ2v) is 10.3. The van der Waals surface area contributed by atoms with Gasteiger partial charge in [-0.2, -0.15) is 0 Å². The molecule has 0 radical (unpaired) electrons. The Balaban J connectivity index is 1.32. The van der Waals surface area contributed by atoms with Crippen LogP contribution in [0, 0.1) is 0 Å². The highest BCUT2D eigenvalue weighted by atomic mass is 79.9. The van der Waals surface area contributed by atoms with Crippen molar-refractivity contribution in [1.82, 2.24) is 5.32 Å². The van der Waals surface area contributed by atoms with Gasteiger partial charge in [0.2, 0.25) is 0 Å². The maximum absolute atomic E-state index is 12.0. The molecule has 1 N–H and O–H groups in total. The van der Waals surface area contributed by atoms with Gasteiger partial charge in [-0.15, -0.1) is 0 Å². The Morgan fingerprint density at radius 1 is 1.06 bits per heavy atom. The van der Waals surface area contributed by atoms with Gasteiger partial charge in [-0.3, -0.25) is 4.79 Å². The van der Waals surface area contributed by atoms with Crippen molar-refractivity contribution in [3.8, 4) is 11.5 Å². The lowest BCUT2D eigenvalue weighted by molar-refractivity contribution is -0.115. The smallest absolute Gasteiger partial charge is 0.263 e. The lowest BCUT2D eigenvalue weighted by atomic mass is 9.84. The number of carbonyl (C=O) groups excluding carboxylic acids is 1. The van der Waals surface area contributed by atoms with E-state index >= 15 is 0 Å². The van der Waals surface area contributed by atoms with E-state index in [0.29, 0.717) is 34.1 Å². The molecule has 1 aliphatic heterocycles. The van der Waals surface area contributed by atoms with E-state index in [4.69, 9.17) is 21.7 Å². The summed E-state index contributed by atoms with van der Waals surface area (Å²) in [6, 6.07) is 14.2. The Morgan fingerprint density at radius 3 is 2.52 bits per heavy atom. The Hall–Kier alpha value is -1.83. The summed E-state index contributed by atoms with van der Waals surface area (Å²) in [5, 5.41) is 2.63. The third-order valence-electron chi connectivity index (χ3n) is 5.47. The van der Waals surface area contributed by atoms with Gasteiger partial charge in [-0.05, 0) is 60.7 Å². The molecule has 1 heterocycles. The van der Waals surface area contributed by atoms with Crippen molar-refractivity contribution < 1.29 is 14.3 Å². The number of carbonyl (C=O) groups is 1. The maximum Gasteiger partial charge on any atom is 0.263 e. The van der Waals surface area contributed by atoms with Gasteiger partial charge in [0.1, 0.15) is 29.0 Å². The highest BCUT2D eigenvalue weighted by molar-refractivity contribution is 9.10. The normalized spacial score (nSPS) is 18.3. The molecule has 2 aromatic carbocycles. The van der Waals surface area contributed by atoms with Gasteiger partial charge in [-0.1, -0.05) is 71.3 Å². The fraction of sp³-hybridized carbons (Fsp3) is 0.333. The lowest BCUT2D eigenvalue weighted by Crippen LogP contribution is -2.17. The van der Waals surface area contributed by atoms with Gasteiger partial charge in [0.15, 0.2) is 0 Å². The van der Waals surface area contributed by atoms with Crippen molar-refractivity contribution in [3.63, 3.8) is 0 Å². The summed E-state index contributed by atoms with van der Waals surface area (Å²) >= 11 is 9.79. The van der Waals surface area contributed by atoms with E-state index in [1.54, 1.807) is 6.08 Å². The summed E-state index contributed by atoms with van der Waals surface area (Å²) < 4.78 is 13.2. The quantitative estimate of drug-likeness (QED) is 0.260. The molecule has 0 unspecified atom stereocenters. The molecule has 4 rings (SSSR count). The van der Waals surface area contributed by atoms with Gasteiger partial charge < -0.3 is 14.8 Å². The zero-order valence-electron chi connectivity index (χ0n) is 17.1.